The summed E-state index contributed by atoms with van der Waals surface area (Å²) in [6.07, 6.45) is 0. The minimum atomic E-state index is -0.563. The zero-order valence-corrected chi connectivity index (χ0v) is 16.0. The van der Waals surface area contributed by atoms with Gasteiger partial charge in [0.15, 0.2) is 6.61 Å². The molecule has 1 atom stereocenters. The third-order valence-corrected chi connectivity index (χ3v) is 4.93. The molecule has 146 valence electrons. The maximum Gasteiger partial charge on any atom is 0.271 e. The van der Waals surface area contributed by atoms with Crippen LogP contribution in [0.15, 0.2) is 42.5 Å². The molecule has 1 aliphatic heterocycles. The average molecular weight is 404 g/mol. The van der Waals surface area contributed by atoms with Gasteiger partial charge in [0.2, 0.25) is 5.91 Å². The number of rotatable bonds is 5. The summed E-state index contributed by atoms with van der Waals surface area (Å²) < 4.78 is 5.32. The first kappa shape index (κ1) is 19.6. The first-order valence-corrected chi connectivity index (χ1v) is 8.88. The van der Waals surface area contributed by atoms with Crippen molar-refractivity contribution in [2.24, 2.45) is 0 Å². The maximum absolute atomic E-state index is 12.8. The Morgan fingerprint density at radius 1 is 1.36 bits per heavy atom. The number of amides is 2. The van der Waals surface area contributed by atoms with Crippen molar-refractivity contribution in [1.82, 2.24) is 4.90 Å². The second-order valence-corrected chi connectivity index (χ2v) is 6.85. The van der Waals surface area contributed by atoms with Crippen molar-refractivity contribution < 1.29 is 19.2 Å². The second kappa shape index (κ2) is 7.85. The lowest BCUT2D eigenvalue weighted by Crippen LogP contribution is -2.46. The van der Waals surface area contributed by atoms with Crippen LogP contribution in [-0.2, 0) is 9.59 Å². The van der Waals surface area contributed by atoms with E-state index in [0.29, 0.717) is 10.8 Å². The number of nitro benzene ring substituents is 1. The van der Waals surface area contributed by atoms with E-state index in [4.69, 9.17) is 16.3 Å². The first-order chi connectivity index (χ1) is 13.3. The molecule has 0 N–H and O–H groups in total. The Hall–Kier alpha value is -3.13. The number of halogens is 1. The van der Waals surface area contributed by atoms with E-state index in [9.17, 15) is 19.7 Å². The largest absolute Gasteiger partial charge is 0.482 e. The summed E-state index contributed by atoms with van der Waals surface area (Å²) >= 11 is 6.02. The van der Waals surface area contributed by atoms with Crippen molar-refractivity contribution in [2.75, 3.05) is 25.1 Å². The van der Waals surface area contributed by atoms with Crippen molar-refractivity contribution in [1.29, 1.82) is 0 Å². The number of ether oxygens (including phenoxy) is 1. The summed E-state index contributed by atoms with van der Waals surface area (Å²) in [7, 11) is 1.63. The van der Waals surface area contributed by atoms with E-state index in [1.807, 2.05) is 13.0 Å². The number of non-ortho nitro benzene ring substituents is 1. The predicted molar refractivity (Wildman–Crippen MR) is 104 cm³/mol. The molecular formula is C19H18ClN3O5. The minimum absolute atomic E-state index is 0.185. The van der Waals surface area contributed by atoms with Crippen molar-refractivity contribution in [3.8, 4) is 5.75 Å². The van der Waals surface area contributed by atoms with Gasteiger partial charge in [0.1, 0.15) is 12.3 Å². The number of carbonyl (C=O) groups is 2. The van der Waals surface area contributed by atoms with E-state index < -0.39 is 10.8 Å². The summed E-state index contributed by atoms with van der Waals surface area (Å²) in [4.78, 5) is 38.3. The molecule has 0 saturated carbocycles. The number of likely N-dealkylation sites (N-methyl/N-ethyl adjacent to an activating group) is 1. The van der Waals surface area contributed by atoms with Gasteiger partial charge in [-0.2, -0.15) is 0 Å². The molecule has 0 aromatic heterocycles. The molecule has 8 nitrogen and oxygen atoms in total. The number of carbonyl (C=O) groups excluding carboxylic acids is 2. The summed E-state index contributed by atoms with van der Waals surface area (Å²) in [5.41, 5.74) is 0.880. The van der Waals surface area contributed by atoms with Crippen molar-refractivity contribution in [3.63, 3.8) is 0 Å². The van der Waals surface area contributed by atoms with Gasteiger partial charge >= 0.3 is 0 Å². The van der Waals surface area contributed by atoms with E-state index in [0.717, 1.165) is 5.56 Å². The first-order valence-electron chi connectivity index (χ1n) is 8.50. The van der Waals surface area contributed by atoms with E-state index in [1.54, 1.807) is 25.2 Å². The summed E-state index contributed by atoms with van der Waals surface area (Å²) in [5.74, 6) is -0.436. The van der Waals surface area contributed by atoms with Gasteiger partial charge in [-0.05, 0) is 30.7 Å². The van der Waals surface area contributed by atoms with Crippen LogP contribution in [0.4, 0.5) is 11.4 Å². The van der Waals surface area contributed by atoms with Crippen LogP contribution in [0, 0.1) is 10.1 Å². The minimum Gasteiger partial charge on any atom is -0.482 e. The Bertz CT molecular complexity index is 949. The van der Waals surface area contributed by atoms with E-state index in [-0.39, 0.29) is 36.5 Å². The molecule has 1 unspecified atom stereocenters. The lowest BCUT2D eigenvalue weighted by molar-refractivity contribution is -0.384. The monoisotopic (exact) mass is 403 g/mol. The third-order valence-electron chi connectivity index (χ3n) is 4.70. The second-order valence-electron chi connectivity index (χ2n) is 6.41. The van der Waals surface area contributed by atoms with E-state index in [2.05, 4.69) is 0 Å². The molecule has 0 saturated heterocycles. The molecule has 0 radical (unpaired) electrons. The number of nitrogens with zero attached hydrogens (tertiary/aromatic N) is 3. The summed E-state index contributed by atoms with van der Waals surface area (Å²) in [6, 6.07) is 10.9. The summed E-state index contributed by atoms with van der Waals surface area (Å²) in [6.45, 7) is 1.37. The zero-order chi connectivity index (χ0) is 20.4. The number of anilines is 1. The molecule has 0 bridgehead atoms. The Morgan fingerprint density at radius 2 is 2.11 bits per heavy atom. The molecule has 1 aliphatic rings. The van der Waals surface area contributed by atoms with Gasteiger partial charge in [0.05, 0.1) is 16.7 Å². The van der Waals surface area contributed by atoms with Gasteiger partial charge in [0, 0.05) is 24.2 Å². The van der Waals surface area contributed by atoms with E-state index in [1.165, 1.54) is 28.0 Å². The highest BCUT2D eigenvalue weighted by Gasteiger charge is 2.31. The highest BCUT2D eigenvalue weighted by atomic mass is 35.5. The molecule has 9 heteroatoms. The van der Waals surface area contributed by atoms with Crippen LogP contribution in [0.5, 0.6) is 5.75 Å². The van der Waals surface area contributed by atoms with Crippen LogP contribution >= 0.6 is 11.6 Å². The maximum atomic E-state index is 12.8. The van der Waals surface area contributed by atoms with E-state index >= 15 is 0 Å². The molecule has 2 aromatic rings. The number of hydrogen-bond donors (Lipinski definition) is 0. The van der Waals surface area contributed by atoms with Gasteiger partial charge in [-0.15, -0.1) is 0 Å². The van der Waals surface area contributed by atoms with Crippen molar-refractivity contribution >= 4 is 34.8 Å². The van der Waals surface area contributed by atoms with Gasteiger partial charge in [-0.25, -0.2) is 0 Å². The van der Waals surface area contributed by atoms with Crippen LogP contribution in [0.3, 0.4) is 0 Å². The SMILES string of the molecule is CC(c1cccc(Cl)c1)N(C)C(=O)CN1C(=O)COc2ccc([N+](=O)[O-])cc21. The van der Waals surface area contributed by atoms with Gasteiger partial charge in [0.25, 0.3) is 11.6 Å². The van der Waals surface area contributed by atoms with Gasteiger partial charge in [-0.1, -0.05) is 23.7 Å². The molecule has 0 aliphatic carbocycles. The Labute approximate surface area is 166 Å². The fourth-order valence-electron chi connectivity index (χ4n) is 2.93. The van der Waals surface area contributed by atoms with Crippen LogP contribution in [-0.4, -0.2) is 41.8 Å². The Kier molecular flexibility index (Phi) is 5.51. The Balaban J connectivity index is 1.82. The molecule has 2 amide bonds. The topological polar surface area (TPSA) is 93.0 Å². The average Bonchev–Trinajstić information content (AvgIpc) is 2.68. The Morgan fingerprint density at radius 3 is 2.79 bits per heavy atom. The lowest BCUT2D eigenvalue weighted by Gasteiger charge is -2.32. The highest BCUT2D eigenvalue weighted by molar-refractivity contribution is 6.30. The van der Waals surface area contributed by atoms with Crippen LogP contribution in [0.1, 0.15) is 18.5 Å². The zero-order valence-electron chi connectivity index (χ0n) is 15.3. The molecule has 0 fully saturated rings. The molecule has 2 aromatic carbocycles. The third kappa shape index (κ3) is 3.91. The molecule has 0 spiro atoms. The standard InChI is InChI=1S/C19H18ClN3O5/c1-12(13-4-3-5-14(20)8-13)21(2)18(24)10-22-16-9-15(23(26)27)6-7-17(16)28-11-19(22)25/h3-9,12H,10-11H2,1-2H3. The summed E-state index contributed by atoms with van der Waals surface area (Å²) in [5, 5.41) is 11.6. The molecule has 3 rings (SSSR count). The fourth-order valence-corrected chi connectivity index (χ4v) is 3.13. The number of benzene rings is 2. The smallest absolute Gasteiger partial charge is 0.271 e. The van der Waals surface area contributed by atoms with Crippen molar-refractivity contribution in [3.05, 3.63) is 63.2 Å². The molecular weight excluding hydrogens is 386 g/mol. The fraction of sp³-hybridized carbons (Fsp3) is 0.263. The molecule has 28 heavy (non-hydrogen) atoms. The highest BCUT2D eigenvalue weighted by Crippen LogP contribution is 2.35. The number of hydrogen-bond acceptors (Lipinski definition) is 5. The predicted octanol–water partition coefficient (Wildman–Crippen LogP) is 3.19. The van der Waals surface area contributed by atoms with Gasteiger partial charge < -0.3 is 9.64 Å². The van der Waals surface area contributed by atoms with Crippen LogP contribution in [0.2, 0.25) is 5.02 Å². The van der Waals surface area contributed by atoms with Crippen LogP contribution < -0.4 is 9.64 Å². The number of nitro groups is 1. The van der Waals surface area contributed by atoms with Crippen LogP contribution in [0.25, 0.3) is 0 Å². The lowest BCUT2D eigenvalue weighted by atomic mass is 10.1. The molecule has 1 heterocycles. The van der Waals surface area contributed by atoms with Gasteiger partial charge in [-0.3, -0.25) is 24.6 Å². The number of fused-ring (bicyclic) bond motifs is 1. The quantitative estimate of drug-likeness (QED) is 0.564. The normalized spacial score (nSPS) is 14.1. The van der Waals surface area contributed by atoms with Crippen molar-refractivity contribution in [2.45, 2.75) is 13.0 Å².